The number of Topliss-reactive ketones (excluding diaryl/α,β-unsaturated/α-hetero) is 1. The molecule has 1 saturated heterocycles. The molecule has 7 nitrogen and oxygen atoms in total. The van der Waals surface area contributed by atoms with E-state index in [9.17, 15) is 14.7 Å². The van der Waals surface area contributed by atoms with E-state index in [0.29, 0.717) is 61.3 Å². The molecule has 0 bridgehead atoms. The second-order valence-electron chi connectivity index (χ2n) is 8.99. The Labute approximate surface area is 207 Å². The highest BCUT2D eigenvalue weighted by Crippen LogP contribution is 2.40. The topological polar surface area (TPSA) is 85.3 Å². The third-order valence-electron chi connectivity index (χ3n) is 5.62. The fraction of sp³-hybridized carbons (Fsp3) is 0.429. The van der Waals surface area contributed by atoms with Gasteiger partial charge in [0.1, 0.15) is 17.3 Å². The molecule has 35 heavy (non-hydrogen) atoms. The van der Waals surface area contributed by atoms with Crippen LogP contribution in [0.25, 0.3) is 5.76 Å². The average molecular weight is 482 g/mol. The summed E-state index contributed by atoms with van der Waals surface area (Å²) < 4.78 is 16.7. The Morgan fingerprint density at radius 1 is 1.03 bits per heavy atom. The zero-order chi connectivity index (χ0) is 25.4. The molecule has 1 amide bonds. The molecule has 1 fully saturated rings. The molecule has 1 atom stereocenters. The summed E-state index contributed by atoms with van der Waals surface area (Å²) in [5.41, 5.74) is 1.18. The summed E-state index contributed by atoms with van der Waals surface area (Å²) in [7, 11) is 1.59. The zero-order valence-electron chi connectivity index (χ0n) is 21.0. The van der Waals surface area contributed by atoms with Crippen molar-refractivity contribution in [3.63, 3.8) is 0 Å². The number of hydrogen-bond acceptors (Lipinski definition) is 6. The molecule has 1 aliphatic rings. The van der Waals surface area contributed by atoms with E-state index in [0.717, 1.165) is 6.42 Å². The molecule has 1 N–H and O–H groups in total. The quantitative estimate of drug-likeness (QED) is 0.199. The van der Waals surface area contributed by atoms with Crippen molar-refractivity contribution in [3.05, 3.63) is 65.2 Å². The summed E-state index contributed by atoms with van der Waals surface area (Å²) in [5, 5.41) is 11.3. The summed E-state index contributed by atoms with van der Waals surface area (Å²) in [6.07, 6.45) is 1.42. The van der Waals surface area contributed by atoms with Gasteiger partial charge in [0, 0.05) is 25.8 Å². The Bertz CT molecular complexity index is 1060. The minimum Gasteiger partial charge on any atom is -0.507 e. The van der Waals surface area contributed by atoms with Crippen LogP contribution in [0.3, 0.4) is 0 Å². The summed E-state index contributed by atoms with van der Waals surface area (Å²) in [6, 6.07) is 13.5. The Hall–Kier alpha value is -3.32. The summed E-state index contributed by atoms with van der Waals surface area (Å²) in [6.45, 7) is 7.97. The number of methoxy groups -OCH3 is 1. The van der Waals surface area contributed by atoms with Crippen molar-refractivity contribution >= 4 is 17.4 Å². The van der Waals surface area contributed by atoms with Gasteiger partial charge < -0.3 is 24.2 Å². The first-order valence-electron chi connectivity index (χ1n) is 12.1. The SMILES string of the molecule is CCCOc1cccc(C2/C(=C(/O)c3cccc(OCC(C)C)c3)C(=O)C(=O)N2CCCOC)c1. The maximum atomic E-state index is 13.2. The number of hydrogen-bond donors (Lipinski definition) is 1. The predicted molar refractivity (Wildman–Crippen MR) is 135 cm³/mol. The molecule has 1 unspecified atom stereocenters. The van der Waals surface area contributed by atoms with Crippen LogP contribution in [0, 0.1) is 5.92 Å². The Morgan fingerprint density at radius 3 is 2.43 bits per heavy atom. The minimum atomic E-state index is -0.739. The molecule has 2 aromatic rings. The van der Waals surface area contributed by atoms with Crippen LogP contribution in [-0.4, -0.2) is 55.2 Å². The van der Waals surface area contributed by atoms with E-state index in [1.165, 1.54) is 4.90 Å². The lowest BCUT2D eigenvalue weighted by molar-refractivity contribution is -0.140. The van der Waals surface area contributed by atoms with Crippen molar-refractivity contribution < 1.29 is 28.9 Å². The maximum absolute atomic E-state index is 13.2. The van der Waals surface area contributed by atoms with E-state index in [2.05, 4.69) is 0 Å². The Morgan fingerprint density at radius 2 is 1.74 bits per heavy atom. The average Bonchev–Trinajstić information content (AvgIpc) is 3.11. The first-order chi connectivity index (χ1) is 16.9. The molecule has 0 aromatic heterocycles. The molecule has 0 saturated carbocycles. The number of nitrogens with zero attached hydrogens (tertiary/aromatic N) is 1. The van der Waals surface area contributed by atoms with Gasteiger partial charge in [-0.05, 0) is 48.6 Å². The molecule has 0 radical (unpaired) electrons. The highest BCUT2D eigenvalue weighted by Gasteiger charge is 2.45. The number of likely N-dealkylation sites (tertiary alicyclic amines) is 1. The van der Waals surface area contributed by atoms with Crippen LogP contribution in [0.4, 0.5) is 0 Å². The van der Waals surface area contributed by atoms with E-state index in [-0.39, 0.29) is 11.3 Å². The van der Waals surface area contributed by atoms with E-state index in [1.54, 1.807) is 31.4 Å². The van der Waals surface area contributed by atoms with Gasteiger partial charge >= 0.3 is 0 Å². The molecule has 3 rings (SSSR count). The lowest BCUT2D eigenvalue weighted by Gasteiger charge is -2.25. The monoisotopic (exact) mass is 481 g/mol. The largest absolute Gasteiger partial charge is 0.507 e. The fourth-order valence-corrected chi connectivity index (χ4v) is 3.98. The second-order valence-corrected chi connectivity index (χ2v) is 8.99. The number of benzene rings is 2. The van der Waals surface area contributed by atoms with Crippen LogP contribution in [0.1, 0.15) is 50.8 Å². The van der Waals surface area contributed by atoms with Gasteiger partial charge in [-0.1, -0.05) is 45.0 Å². The standard InChI is InChI=1S/C28H35NO6/c1-5-14-34-22-11-6-9-20(16-22)25-24(27(31)28(32)29(25)13-8-15-33-4)26(30)21-10-7-12-23(17-21)35-18-19(2)3/h6-7,9-12,16-17,19,25,30H,5,8,13-15,18H2,1-4H3/b26-24-. The summed E-state index contributed by atoms with van der Waals surface area (Å²) in [5.74, 6) is 0.00175. The summed E-state index contributed by atoms with van der Waals surface area (Å²) >= 11 is 0. The second kappa shape index (κ2) is 12.4. The van der Waals surface area contributed by atoms with Gasteiger partial charge in [-0.2, -0.15) is 0 Å². The lowest BCUT2D eigenvalue weighted by atomic mass is 9.95. The number of aliphatic hydroxyl groups is 1. The number of carbonyl (C=O) groups excluding carboxylic acids is 2. The van der Waals surface area contributed by atoms with Crippen molar-refractivity contribution in [2.75, 3.05) is 33.5 Å². The van der Waals surface area contributed by atoms with Gasteiger partial charge in [0.2, 0.25) is 0 Å². The third-order valence-corrected chi connectivity index (χ3v) is 5.62. The number of ether oxygens (including phenoxy) is 3. The highest BCUT2D eigenvalue weighted by molar-refractivity contribution is 6.46. The van der Waals surface area contributed by atoms with Crippen LogP contribution in [-0.2, 0) is 14.3 Å². The van der Waals surface area contributed by atoms with Crippen molar-refractivity contribution in [2.24, 2.45) is 5.92 Å². The van der Waals surface area contributed by atoms with Crippen molar-refractivity contribution in [1.82, 2.24) is 4.90 Å². The molecule has 7 heteroatoms. The third kappa shape index (κ3) is 6.42. The number of rotatable bonds is 12. The number of amides is 1. The fourth-order valence-electron chi connectivity index (χ4n) is 3.98. The molecular weight excluding hydrogens is 446 g/mol. The predicted octanol–water partition coefficient (Wildman–Crippen LogP) is 4.97. The molecule has 1 aliphatic heterocycles. The van der Waals surface area contributed by atoms with Crippen LogP contribution < -0.4 is 9.47 Å². The molecule has 1 heterocycles. The van der Waals surface area contributed by atoms with Crippen molar-refractivity contribution in [1.29, 1.82) is 0 Å². The van der Waals surface area contributed by atoms with Gasteiger partial charge in [0.25, 0.3) is 11.7 Å². The summed E-state index contributed by atoms with van der Waals surface area (Å²) in [4.78, 5) is 27.8. The van der Waals surface area contributed by atoms with E-state index < -0.39 is 17.7 Å². The smallest absolute Gasteiger partial charge is 0.295 e. The normalized spacial score (nSPS) is 17.3. The van der Waals surface area contributed by atoms with Crippen molar-refractivity contribution in [3.8, 4) is 11.5 Å². The van der Waals surface area contributed by atoms with E-state index in [4.69, 9.17) is 14.2 Å². The van der Waals surface area contributed by atoms with Gasteiger partial charge in [-0.25, -0.2) is 0 Å². The maximum Gasteiger partial charge on any atom is 0.295 e. The first kappa shape index (κ1) is 26.3. The molecule has 0 aliphatic carbocycles. The lowest BCUT2D eigenvalue weighted by Crippen LogP contribution is -2.31. The minimum absolute atomic E-state index is 0.0565. The first-order valence-corrected chi connectivity index (χ1v) is 12.1. The molecule has 2 aromatic carbocycles. The Balaban J connectivity index is 2.06. The number of carbonyl (C=O) groups is 2. The van der Waals surface area contributed by atoms with Crippen LogP contribution in [0.2, 0.25) is 0 Å². The number of ketones is 1. The van der Waals surface area contributed by atoms with Gasteiger partial charge in [-0.3, -0.25) is 9.59 Å². The van der Waals surface area contributed by atoms with Crippen LogP contribution >= 0.6 is 0 Å². The van der Waals surface area contributed by atoms with Gasteiger partial charge in [0.15, 0.2) is 0 Å². The number of aliphatic hydroxyl groups excluding tert-OH is 1. The Kier molecular flexibility index (Phi) is 9.32. The van der Waals surface area contributed by atoms with Crippen LogP contribution in [0.15, 0.2) is 54.1 Å². The van der Waals surface area contributed by atoms with E-state index in [1.807, 2.05) is 45.0 Å². The molecule has 0 spiro atoms. The van der Waals surface area contributed by atoms with Gasteiger partial charge in [-0.15, -0.1) is 0 Å². The highest BCUT2D eigenvalue weighted by atomic mass is 16.5. The molecule has 188 valence electrons. The van der Waals surface area contributed by atoms with E-state index >= 15 is 0 Å². The van der Waals surface area contributed by atoms with Crippen molar-refractivity contribution in [2.45, 2.75) is 39.7 Å². The van der Waals surface area contributed by atoms with Gasteiger partial charge in [0.05, 0.1) is 24.8 Å². The van der Waals surface area contributed by atoms with Crippen LogP contribution in [0.5, 0.6) is 11.5 Å². The zero-order valence-corrected chi connectivity index (χ0v) is 21.0. The molecular formula is C28H35NO6.